The van der Waals surface area contributed by atoms with Crippen LogP contribution in [0.5, 0.6) is 0 Å². The van der Waals surface area contributed by atoms with E-state index in [9.17, 15) is 14.4 Å². The van der Waals surface area contributed by atoms with E-state index >= 15 is 0 Å². The molecule has 1 aliphatic carbocycles. The molecule has 2 N–H and O–H groups in total. The first-order valence-corrected chi connectivity index (χ1v) is 13.1. The van der Waals surface area contributed by atoms with Crippen molar-refractivity contribution in [1.82, 2.24) is 10.6 Å². The van der Waals surface area contributed by atoms with Gasteiger partial charge in [-0.2, -0.15) is 0 Å². The molecule has 1 aliphatic rings. The SMILES string of the molecule is C#CC.CC(=O)c1ccccc1CNC(=O)C=O.CC1(c2ccc3ccccc3c2)CC1.CCCCNC. The van der Waals surface area contributed by atoms with Gasteiger partial charge in [-0.3, -0.25) is 14.4 Å². The molecule has 0 unspecified atom stereocenters. The lowest BCUT2D eigenvalue weighted by molar-refractivity contribution is -0.131. The van der Waals surface area contributed by atoms with Crippen LogP contribution in [0.15, 0.2) is 66.7 Å². The van der Waals surface area contributed by atoms with Gasteiger partial charge in [0.15, 0.2) is 5.78 Å². The Morgan fingerprint density at radius 2 is 1.63 bits per heavy atom. The van der Waals surface area contributed by atoms with Gasteiger partial charge in [-0.15, -0.1) is 12.3 Å². The van der Waals surface area contributed by atoms with Crippen molar-refractivity contribution in [3.8, 4) is 12.3 Å². The largest absolute Gasteiger partial charge is 0.346 e. The first kappa shape index (κ1) is 32.3. The number of ketones is 1. The number of amides is 1. The highest BCUT2D eigenvalue weighted by Crippen LogP contribution is 2.47. The fraction of sp³-hybridized carbons (Fsp3) is 0.364. The van der Waals surface area contributed by atoms with Crippen LogP contribution in [0.25, 0.3) is 10.8 Å². The standard InChI is InChI=1S/C14H14.C11H11NO3.C5H13N.C3H4/c1-14(8-9-14)13-7-6-11-4-2-3-5-12(11)10-13;1-8(14)10-5-3-2-4-9(10)6-12-11(15)7-13;1-3-4-5-6-2;1-3-2/h2-7,10H,8-9H2,1H3;2-5,7H,6H2,1H3,(H,12,15);6H,3-5H2,1-2H3;1H,2H3. The number of hydrogen-bond donors (Lipinski definition) is 2. The summed E-state index contributed by atoms with van der Waals surface area (Å²) < 4.78 is 0. The maximum Gasteiger partial charge on any atom is 0.284 e. The molecule has 0 atom stereocenters. The Morgan fingerprint density at radius 3 is 2.16 bits per heavy atom. The Morgan fingerprint density at radius 1 is 1.03 bits per heavy atom. The number of aldehydes is 1. The molecule has 38 heavy (non-hydrogen) atoms. The second kappa shape index (κ2) is 17.7. The van der Waals surface area contributed by atoms with Crippen molar-refractivity contribution >= 4 is 28.7 Å². The number of hydrogen-bond acceptors (Lipinski definition) is 4. The van der Waals surface area contributed by atoms with Crippen molar-refractivity contribution in [3.63, 3.8) is 0 Å². The topological polar surface area (TPSA) is 75.3 Å². The molecule has 3 aromatic carbocycles. The highest BCUT2D eigenvalue weighted by atomic mass is 16.2. The Labute approximate surface area is 228 Å². The van der Waals surface area contributed by atoms with Crippen LogP contribution in [-0.2, 0) is 21.5 Å². The highest BCUT2D eigenvalue weighted by Gasteiger charge is 2.38. The number of Topliss-reactive ketones (excluding diaryl/α,β-unsaturated/α-hetero) is 1. The van der Waals surface area contributed by atoms with Gasteiger partial charge in [0.1, 0.15) is 0 Å². The summed E-state index contributed by atoms with van der Waals surface area (Å²) in [6, 6.07) is 22.4. The van der Waals surface area contributed by atoms with Crippen LogP contribution in [0.1, 0.15) is 74.9 Å². The van der Waals surface area contributed by atoms with E-state index in [0.717, 1.165) is 6.54 Å². The first-order valence-electron chi connectivity index (χ1n) is 13.1. The van der Waals surface area contributed by atoms with Crippen LogP contribution in [0, 0.1) is 12.3 Å². The van der Waals surface area contributed by atoms with E-state index in [4.69, 9.17) is 0 Å². The molecule has 4 rings (SSSR count). The monoisotopic (exact) mass is 514 g/mol. The zero-order chi connectivity index (χ0) is 28.4. The maximum absolute atomic E-state index is 11.2. The van der Waals surface area contributed by atoms with Gasteiger partial charge in [0, 0.05) is 12.1 Å². The molecule has 5 heteroatoms. The second-order valence-electron chi connectivity index (χ2n) is 9.42. The average molecular weight is 515 g/mol. The smallest absolute Gasteiger partial charge is 0.284 e. The molecule has 0 aliphatic heterocycles. The molecular formula is C33H42N2O3. The van der Waals surface area contributed by atoms with E-state index < -0.39 is 5.91 Å². The Bertz CT molecular complexity index is 1200. The number of benzene rings is 3. The summed E-state index contributed by atoms with van der Waals surface area (Å²) in [6.45, 7) is 9.01. The van der Waals surface area contributed by atoms with E-state index in [0.29, 0.717) is 16.5 Å². The zero-order valence-electron chi connectivity index (χ0n) is 23.5. The van der Waals surface area contributed by atoms with Crippen molar-refractivity contribution < 1.29 is 14.4 Å². The van der Waals surface area contributed by atoms with Gasteiger partial charge in [-0.25, -0.2) is 0 Å². The fourth-order valence-electron chi connectivity index (χ4n) is 3.64. The zero-order valence-corrected chi connectivity index (χ0v) is 23.5. The summed E-state index contributed by atoms with van der Waals surface area (Å²) in [4.78, 5) is 32.0. The lowest BCUT2D eigenvalue weighted by Crippen LogP contribution is -2.24. The lowest BCUT2D eigenvalue weighted by atomic mass is 9.96. The highest BCUT2D eigenvalue weighted by molar-refractivity contribution is 6.23. The minimum atomic E-state index is -0.687. The van der Waals surface area contributed by atoms with Crippen molar-refractivity contribution in [2.24, 2.45) is 0 Å². The molecule has 202 valence electrons. The number of nitrogens with one attached hydrogen (secondary N) is 2. The van der Waals surface area contributed by atoms with Crippen LogP contribution >= 0.6 is 0 Å². The molecule has 0 saturated heterocycles. The molecule has 1 fully saturated rings. The minimum absolute atomic E-state index is 0.0639. The van der Waals surface area contributed by atoms with Gasteiger partial charge < -0.3 is 10.6 Å². The lowest BCUT2D eigenvalue weighted by Gasteiger charge is -2.09. The number of carbonyl (C=O) groups excluding carboxylic acids is 3. The molecule has 0 spiro atoms. The van der Waals surface area contributed by atoms with Crippen molar-refractivity contribution in [3.05, 3.63) is 83.4 Å². The van der Waals surface area contributed by atoms with Crippen LogP contribution < -0.4 is 10.6 Å². The van der Waals surface area contributed by atoms with E-state index in [1.165, 1.54) is 48.9 Å². The summed E-state index contributed by atoms with van der Waals surface area (Å²) in [7, 11) is 1.98. The summed E-state index contributed by atoms with van der Waals surface area (Å²) >= 11 is 0. The van der Waals surface area contributed by atoms with Crippen LogP contribution in [0.3, 0.4) is 0 Å². The molecular weight excluding hydrogens is 472 g/mol. The molecule has 1 saturated carbocycles. The minimum Gasteiger partial charge on any atom is -0.346 e. The number of unbranched alkanes of at least 4 members (excludes halogenated alkanes) is 1. The number of rotatable bonds is 8. The maximum atomic E-state index is 11.2. The molecule has 5 nitrogen and oxygen atoms in total. The molecule has 3 aromatic rings. The van der Waals surface area contributed by atoms with Gasteiger partial charge in [0.25, 0.3) is 5.91 Å². The van der Waals surface area contributed by atoms with Crippen molar-refractivity contribution in [2.75, 3.05) is 13.6 Å². The predicted octanol–water partition coefficient (Wildman–Crippen LogP) is 6.24. The quantitative estimate of drug-likeness (QED) is 0.123. The van der Waals surface area contributed by atoms with E-state index in [1.807, 2.05) is 7.05 Å². The van der Waals surface area contributed by atoms with Crippen LogP contribution in [-0.4, -0.2) is 31.6 Å². The van der Waals surface area contributed by atoms with E-state index in [1.54, 1.807) is 31.2 Å². The Kier molecular flexibility index (Phi) is 15.0. The average Bonchev–Trinajstić information content (AvgIpc) is 3.69. The van der Waals surface area contributed by atoms with Crippen molar-refractivity contribution in [2.45, 2.75) is 65.3 Å². The van der Waals surface area contributed by atoms with Gasteiger partial charge in [0.2, 0.25) is 6.29 Å². The molecule has 0 aromatic heterocycles. The van der Waals surface area contributed by atoms with Gasteiger partial charge in [-0.05, 0) is 74.0 Å². The van der Waals surface area contributed by atoms with E-state index in [-0.39, 0.29) is 18.6 Å². The summed E-state index contributed by atoms with van der Waals surface area (Å²) in [5.41, 5.74) is 3.27. The second-order valence-corrected chi connectivity index (χ2v) is 9.42. The molecule has 0 bridgehead atoms. The third-order valence-electron chi connectivity index (χ3n) is 6.18. The third kappa shape index (κ3) is 11.5. The van der Waals surface area contributed by atoms with Crippen LogP contribution in [0.4, 0.5) is 0 Å². The van der Waals surface area contributed by atoms with Crippen LogP contribution in [0.2, 0.25) is 0 Å². The number of fused-ring (bicyclic) bond motifs is 1. The Balaban J connectivity index is 0.000000291. The predicted molar refractivity (Wildman–Crippen MR) is 158 cm³/mol. The normalized spacial score (nSPS) is 12.1. The third-order valence-corrected chi connectivity index (χ3v) is 6.18. The molecule has 0 radical (unpaired) electrons. The first-order chi connectivity index (χ1) is 18.3. The number of carbonyl (C=O) groups is 3. The van der Waals surface area contributed by atoms with Gasteiger partial charge in [0.05, 0.1) is 0 Å². The van der Waals surface area contributed by atoms with Gasteiger partial charge in [-0.1, -0.05) is 87.0 Å². The summed E-state index contributed by atoms with van der Waals surface area (Å²) in [5.74, 6) is 1.50. The fourth-order valence-corrected chi connectivity index (χ4v) is 3.64. The molecule has 0 heterocycles. The Hall–Kier alpha value is -3.75. The van der Waals surface area contributed by atoms with Gasteiger partial charge >= 0.3 is 0 Å². The number of terminal acetylenes is 1. The molecule has 1 amide bonds. The van der Waals surface area contributed by atoms with E-state index in [2.05, 4.69) is 79.3 Å². The van der Waals surface area contributed by atoms with Crippen molar-refractivity contribution in [1.29, 1.82) is 0 Å². The summed E-state index contributed by atoms with van der Waals surface area (Å²) in [6.07, 6.45) is 10.1. The summed E-state index contributed by atoms with van der Waals surface area (Å²) in [5, 5.41) is 8.17.